The van der Waals surface area contributed by atoms with Crippen molar-refractivity contribution in [2.24, 2.45) is 0 Å². The molecule has 0 bridgehead atoms. The zero-order valence-corrected chi connectivity index (χ0v) is 18.4. The van der Waals surface area contributed by atoms with Gasteiger partial charge in [-0.2, -0.15) is 0 Å². The van der Waals surface area contributed by atoms with Crippen molar-refractivity contribution in [1.29, 1.82) is 0 Å². The van der Waals surface area contributed by atoms with Crippen molar-refractivity contribution in [1.82, 2.24) is 4.90 Å². The molecular formula is C25H29NO5. The second-order valence-electron chi connectivity index (χ2n) is 7.74. The van der Waals surface area contributed by atoms with Crippen LogP contribution in [0.15, 0.2) is 54.1 Å². The maximum atomic E-state index is 13.0. The SMILES string of the molecule is CCOc1ccc(/C(O)=C2/C(=O)C(=O)N(CCOC(C)C)C2c2ccccc2)cc1C. The number of amides is 1. The molecule has 1 heterocycles. The largest absolute Gasteiger partial charge is 0.507 e. The van der Waals surface area contributed by atoms with Crippen LogP contribution < -0.4 is 4.74 Å². The van der Waals surface area contributed by atoms with E-state index < -0.39 is 17.7 Å². The van der Waals surface area contributed by atoms with Gasteiger partial charge in [0.25, 0.3) is 11.7 Å². The quantitative estimate of drug-likeness (QED) is 0.390. The molecule has 0 aliphatic carbocycles. The predicted octanol–water partition coefficient (Wildman–Crippen LogP) is 4.24. The van der Waals surface area contributed by atoms with Gasteiger partial charge in [0.05, 0.1) is 30.9 Å². The number of nitrogens with zero attached hydrogens (tertiary/aromatic N) is 1. The van der Waals surface area contributed by atoms with E-state index >= 15 is 0 Å². The summed E-state index contributed by atoms with van der Waals surface area (Å²) in [7, 11) is 0. The summed E-state index contributed by atoms with van der Waals surface area (Å²) >= 11 is 0. The van der Waals surface area contributed by atoms with Crippen LogP contribution in [-0.2, 0) is 14.3 Å². The van der Waals surface area contributed by atoms with Crippen LogP contribution in [0, 0.1) is 6.92 Å². The van der Waals surface area contributed by atoms with E-state index in [2.05, 4.69) is 0 Å². The van der Waals surface area contributed by atoms with Crippen LogP contribution in [0.4, 0.5) is 0 Å². The number of likely N-dealkylation sites (tertiary alicyclic amines) is 1. The summed E-state index contributed by atoms with van der Waals surface area (Å²) in [5.41, 5.74) is 2.15. The molecule has 1 aliphatic heterocycles. The van der Waals surface area contributed by atoms with Gasteiger partial charge in [0.15, 0.2) is 0 Å². The number of benzene rings is 2. The predicted molar refractivity (Wildman–Crippen MR) is 119 cm³/mol. The highest BCUT2D eigenvalue weighted by atomic mass is 16.5. The van der Waals surface area contributed by atoms with Crippen LogP contribution in [0.25, 0.3) is 5.76 Å². The Bertz CT molecular complexity index is 981. The topological polar surface area (TPSA) is 76.1 Å². The smallest absolute Gasteiger partial charge is 0.295 e. The zero-order valence-electron chi connectivity index (χ0n) is 18.4. The molecular weight excluding hydrogens is 394 g/mol. The highest BCUT2D eigenvalue weighted by Gasteiger charge is 2.45. The minimum Gasteiger partial charge on any atom is -0.507 e. The lowest BCUT2D eigenvalue weighted by molar-refractivity contribution is -0.140. The number of carbonyl (C=O) groups excluding carboxylic acids is 2. The lowest BCUT2D eigenvalue weighted by Gasteiger charge is -2.25. The third-order valence-electron chi connectivity index (χ3n) is 5.19. The van der Waals surface area contributed by atoms with Gasteiger partial charge < -0.3 is 19.5 Å². The Hall–Kier alpha value is -3.12. The standard InChI is InChI=1S/C25H29NO5/c1-5-30-20-12-11-19(15-17(20)4)23(27)21-22(18-9-7-6-8-10-18)26(25(29)24(21)28)13-14-31-16(2)3/h6-12,15-16,22,27H,5,13-14H2,1-4H3/b23-21-. The van der Waals surface area contributed by atoms with Crippen molar-refractivity contribution in [3.8, 4) is 5.75 Å². The first-order valence-corrected chi connectivity index (χ1v) is 10.5. The van der Waals surface area contributed by atoms with E-state index in [1.54, 1.807) is 18.2 Å². The minimum atomic E-state index is -0.692. The molecule has 0 saturated carbocycles. The van der Waals surface area contributed by atoms with Crippen molar-refractivity contribution in [2.45, 2.75) is 39.8 Å². The average molecular weight is 424 g/mol. The summed E-state index contributed by atoms with van der Waals surface area (Å²) in [6, 6.07) is 13.8. The monoisotopic (exact) mass is 423 g/mol. The molecule has 2 aromatic carbocycles. The maximum Gasteiger partial charge on any atom is 0.295 e. The Morgan fingerprint density at radius 1 is 1.13 bits per heavy atom. The first-order valence-electron chi connectivity index (χ1n) is 10.5. The highest BCUT2D eigenvalue weighted by Crippen LogP contribution is 2.39. The van der Waals surface area contributed by atoms with Crippen LogP contribution in [0.1, 0.15) is 43.5 Å². The molecule has 1 fully saturated rings. The number of carbonyl (C=O) groups is 2. The van der Waals surface area contributed by atoms with Gasteiger partial charge in [-0.3, -0.25) is 9.59 Å². The Kier molecular flexibility index (Phi) is 7.13. The van der Waals surface area contributed by atoms with Crippen LogP contribution in [0.5, 0.6) is 5.75 Å². The van der Waals surface area contributed by atoms with Gasteiger partial charge >= 0.3 is 0 Å². The first kappa shape index (κ1) is 22.6. The second-order valence-corrected chi connectivity index (χ2v) is 7.74. The number of ketones is 1. The normalized spacial score (nSPS) is 18.1. The number of aliphatic hydroxyl groups excluding tert-OH is 1. The van der Waals surface area contributed by atoms with E-state index in [9.17, 15) is 14.7 Å². The van der Waals surface area contributed by atoms with E-state index in [0.29, 0.717) is 24.5 Å². The summed E-state index contributed by atoms with van der Waals surface area (Å²) in [4.78, 5) is 27.3. The summed E-state index contributed by atoms with van der Waals surface area (Å²) in [5.74, 6) is -0.802. The molecule has 1 N–H and O–H groups in total. The molecule has 31 heavy (non-hydrogen) atoms. The van der Waals surface area contributed by atoms with Gasteiger partial charge in [-0.25, -0.2) is 0 Å². The van der Waals surface area contributed by atoms with E-state index in [-0.39, 0.29) is 24.0 Å². The minimum absolute atomic E-state index is 0.0128. The number of ether oxygens (including phenoxy) is 2. The van der Waals surface area contributed by atoms with Gasteiger partial charge in [-0.15, -0.1) is 0 Å². The fourth-order valence-corrected chi connectivity index (χ4v) is 3.75. The van der Waals surface area contributed by atoms with Crippen LogP contribution in [0.3, 0.4) is 0 Å². The Balaban J connectivity index is 2.06. The molecule has 0 spiro atoms. The number of rotatable bonds is 8. The first-order chi connectivity index (χ1) is 14.8. The lowest BCUT2D eigenvalue weighted by Crippen LogP contribution is -2.33. The molecule has 1 atom stereocenters. The molecule has 6 heteroatoms. The Labute approximate surface area is 183 Å². The number of Topliss-reactive ketones (excluding diaryl/α,β-unsaturated/α-hetero) is 1. The molecule has 6 nitrogen and oxygen atoms in total. The Morgan fingerprint density at radius 2 is 1.84 bits per heavy atom. The lowest BCUT2D eigenvalue weighted by atomic mass is 9.95. The number of hydrogen-bond donors (Lipinski definition) is 1. The van der Waals surface area contributed by atoms with E-state index in [0.717, 1.165) is 11.1 Å². The fourth-order valence-electron chi connectivity index (χ4n) is 3.75. The average Bonchev–Trinajstić information content (AvgIpc) is 3.00. The molecule has 164 valence electrons. The molecule has 2 aromatic rings. The van der Waals surface area contributed by atoms with Crippen LogP contribution >= 0.6 is 0 Å². The molecule has 1 amide bonds. The van der Waals surface area contributed by atoms with Gasteiger partial charge in [0, 0.05) is 12.1 Å². The highest BCUT2D eigenvalue weighted by molar-refractivity contribution is 6.46. The maximum absolute atomic E-state index is 13.0. The van der Waals surface area contributed by atoms with E-state index in [1.165, 1.54) is 4.90 Å². The van der Waals surface area contributed by atoms with Crippen molar-refractivity contribution in [3.63, 3.8) is 0 Å². The van der Waals surface area contributed by atoms with Crippen LogP contribution in [-0.4, -0.2) is 47.6 Å². The van der Waals surface area contributed by atoms with Crippen molar-refractivity contribution in [2.75, 3.05) is 19.8 Å². The molecule has 1 aliphatic rings. The summed E-state index contributed by atoms with van der Waals surface area (Å²) in [5, 5.41) is 11.1. The molecule has 1 saturated heterocycles. The Morgan fingerprint density at radius 3 is 2.45 bits per heavy atom. The summed E-state index contributed by atoms with van der Waals surface area (Å²) in [6.45, 7) is 8.69. The van der Waals surface area contributed by atoms with Gasteiger partial charge in [0.1, 0.15) is 11.5 Å². The van der Waals surface area contributed by atoms with Gasteiger partial charge in [-0.05, 0) is 57.0 Å². The molecule has 1 unspecified atom stereocenters. The van der Waals surface area contributed by atoms with Crippen molar-refractivity contribution < 1.29 is 24.2 Å². The number of hydrogen-bond acceptors (Lipinski definition) is 5. The van der Waals surface area contributed by atoms with E-state index in [1.807, 2.05) is 58.0 Å². The molecule has 3 rings (SSSR count). The fraction of sp³-hybridized carbons (Fsp3) is 0.360. The number of aryl methyl sites for hydroxylation is 1. The zero-order chi connectivity index (χ0) is 22.5. The molecule has 0 aromatic heterocycles. The second kappa shape index (κ2) is 9.79. The van der Waals surface area contributed by atoms with Crippen molar-refractivity contribution in [3.05, 3.63) is 70.8 Å². The summed E-state index contributed by atoms with van der Waals surface area (Å²) in [6.07, 6.45) is 0.0128. The third-order valence-corrected chi connectivity index (χ3v) is 5.19. The number of aliphatic hydroxyl groups is 1. The van der Waals surface area contributed by atoms with Crippen LogP contribution in [0.2, 0.25) is 0 Å². The van der Waals surface area contributed by atoms with E-state index in [4.69, 9.17) is 9.47 Å². The van der Waals surface area contributed by atoms with Gasteiger partial charge in [-0.1, -0.05) is 30.3 Å². The third kappa shape index (κ3) is 4.80. The van der Waals surface area contributed by atoms with Gasteiger partial charge in [0.2, 0.25) is 0 Å². The summed E-state index contributed by atoms with van der Waals surface area (Å²) < 4.78 is 11.2. The van der Waals surface area contributed by atoms with Crippen molar-refractivity contribution >= 4 is 17.4 Å². The molecule has 0 radical (unpaired) electrons.